The van der Waals surface area contributed by atoms with Crippen LogP contribution in [0.4, 0.5) is 28.9 Å². The number of fused-ring (bicyclic) bond motifs is 1. The minimum atomic E-state index is -4.74. The Morgan fingerprint density at radius 3 is 2.41 bits per heavy atom. The number of hydrogen-bond donors (Lipinski definition) is 1. The Bertz CT molecular complexity index is 1750. The molecule has 0 aliphatic carbocycles. The summed E-state index contributed by atoms with van der Waals surface area (Å²) in [5.74, 6) is -1.37. The fourth-order valence-electron chi connectivity index (χ4n) is 4.81. The fourth-order valence-corrected chi connectivity index (χ4v) is 5.25. The van der Waals surface area contributed by atoms with Crippen molar-refractivity contribution in [3.05, 3.63) is 108 Å². The summed E-state index contributed by atoms with van der Waals surface area (Å²) >= 11 is 12.4. The van der Waals surface area contributed by atoms with Crippen molar-refractivity contribution in [3.8, 4) is 0 Å². The van der Waals surface area contributed by atoms with E-state index in [1.807, 2.05) is 0 Å². The molecule has 1 aliphatic rings. The highest BCUT2D eigenvalue weighted by molar-refractivity contribution is 6.42. The summed E-state index contributed by atoms with van der Waals surface area (Å²) in [5.41, 5.74) is -1.13. The van der Waals surface area contributed by atoms with Gasteiger partial charge in [0.25, 0.3) is 17.2 Å². The van der Waals surface area contributed by atoms with Crippen molar-refractivity contribution in [1.82, 2.24) is 14.3 Å². The van der Waals surface area contributed by atoms with Crippen molar-refractivity contribution in [2.24, 2.45) is 0 Å². The number of rotatable bonds is 5. The average molecular weight is 612 g/mol. The number of nitrogens with zero attached hydrogens (tertiary/aromatic N) is 4. The third kappa shape index (κ3) is 5.46. The predicted molar refractivity (Wildman–Crippen MR) is 143 cm³/mol. The number of piperazine rings is 1. The molecule has 41 heavy (non-hydrogen) atoms. The van der Waals surface area contributed by atoms with Crippen LogP contribution in [0, 0.1) is 15.9 Å². The number of H-pyrrole nitrogens is 1. The zero-order chi connectivity index (χ0) is 29.6. The first-order valence-electron chi connectivity index (χ1n) is 12.1. The van der Waals surface area contributed by atoms with Gasteiger partial charge in [-0.2, -0.15) is 13.2 Å². The molecule has 1 N–H and O–H groups in total. The lowest BCUT2D eigenvalue weighted by atomic mass is 10.0. The van der Waals surface area contributed by atoms with Crippen molar-refractivity contribution >= 4 is 46.0 Å². The first kappa shape index (κ1) is 28.4. The Hall–Kier alpha value is -4.10. The van der Waals surface area contributed by atoms with E-state index >= 15 is 0 Å². The summed E-state index contributed by atoms with van der Waals surface area (Å²) in [5, 5.41) is 11.8. The third-order valence-electron chi connectivity index (χ3n) is 6.84. The van der Waals surface area contributed by atoms with Crippen LogP contribution >= 0.6 is 23.2 Å². The van der Waals surface area contributed by atoms with Gasteiger partial charge in [0, 0.05) is 50.6 Å². The van der Waals surface area contributed by atoms with Gasteiger partial charge in [0.2, 0.25) is 0 Å². The molecule has 0 atom stereocenters. The normalized spacial score (nSPS) is 14.1. The number of aromatic nitrogens is 2. The van der Waals surface area contributed by atoms with Crippen LogP contribution in [0.2, 0.25) is 10.2 Å². The summed E-state index contributed by atoms with van der Waals surface area (Å²) < 4.78 is 55.4. The molecule has 2 aromatic carbocycles. The molecule has 214 valence electrons. The van der Waals surface area contributed by atoms with Crippen molar-refractivity contribution in [1.29, 1.82) is 0 Å². The zero-order valence-electron chi connectivity index (χ0n) is 20.8. The van der Waals surface area contributed by atoms with E-state index in [4.69, 9.17) is 23.2 Å². The molecule has 3 heterocycles. The number of aromatic amines is 1. The Morgan fingerprint density at radius 1 is 1.05 bits per heavy atom. The van der Waals surface area contributed by atoms with E-state index in [9.17, 15) is 37.3 Å². The minimum absolute atomic E-state index is 0.000676. The summed E-state index contributed by atoms with van der Waals surface area (Å²) in [7, 11) is 0. The number of nitrogens with one attached hydrogen (secondary N) is 1. The molecule has 1 saturated heterocycles. The minimum Gasteiger partial charge on any atom is -0.362 e. The van der Waals surface area contributed by atoms with E-state index in [1.54, 1.807) is 0 Å². The molecule has 0 radical (unpaired) electrons. The van der Waals surface area contributed by atoms with Crippen LogP contribution in [0.1, 0.15) is 27.2 Å². The lowest BCUT2D eigenvalue weighted by molar-refractivity contribution is -0.384. The number of nitro groups is 1. The molecule has 1 aliphatic heterocycles. The second-order valence-electron chi connectivity index (χ2n) is 9.34. The van der Waals surface area contributed by atoms with E-state index in [2.05, 4.69) is 4.98 Å². The van der Waals surface area contributed by atoms with Crippen LogP contribution in [0.5, 0.6) is 0 Å². The van der Waals surface area contributed by atoms with Crippen LogP contribution in [-0.4, -0.2) is 51.3 Å². The maximum atomic E-state index is 14.8. The summed E-state index contributed by atoms with van der Waals surface area (Å²) in [6, 6.07) is 7.75. The van der Waals surface area contributed by atoms with Gasteiger partial charge in [-0.25, -0.2) is 4.39 Å². The molecule has 0 unspecified atom stereocenters. The molecule has 9 nitrogen and oxygen atoms in total. The Kier molecular flexibility index (Phi) is 7.43. The van der Waals surface area contributed by atoms with E-state index in [-0.39, 0.29) is 59.5 Å². The van der Waals surface area contributed by atoms with Gasteiger partial charge in [-0.1, -0.05) is 29.3 Å². The summed E-state index contributed by atoms with van der Waals surface area (Å²) in [6.45, 7) is 0.278. The van der Waals surface area contributed by atoms with Crippen LogP contribution in [0.15, 0.2) is 53.5 Å². The predicted octanol–water partition coefficient (Wildman–Crippen LogP) is 5.55. The molecule has 0 saturated carbocycles. The van der Waals surface area contributed by atoms with Gasteiger partial charge in [-0.3, -0.25) is 24.1 Å². The molecular formula is C26H19Cl2F4N5O4. The van der Waals surface area contributed by atoms with E-state index in [1.165, 1.54) is 38.6 Å². The zero-order valence-corrected chi connectivity index (χ0v) is 22.4. The second-order valence-corrected chi connectivity index (χ2v) is 10.1. The topological polar surface area (TPSA) is 104 Å². The molecule has 1 fully saturated rings. The number of hydrogen-bond acceptors (Lipinski definition) is 5. The SMILES string of the molecule is O=C(c1cc(Cc2c[nH]c(=O)c3cc(Cl)c(Cl)n23)ccc1F)N1CCN(c2ccc(C(F)(F)F)cc2[N+](=O)[O-])CC1. The van der Waals surface area contributed by atoms with Gasteiger partial charge in [0.05, 0.1) is 21.1 Å². The average Bonchev–Trinajstić information content (AvgIpc) is 3.25. The summed E-state index contributed by atoms with van der Waals surface area (Å²) in [4.78, 5) is 41.5. The number of carbonyl (C=O) groups is 1. The highest BCUT2D eigenvalue weighted by atomic mass is 35.5. The van der Waals surface area contributed by atoms with Crippen molar-refractivity contribution in [2.75, 3.05) is 31.1 Å². The number of halogens is 6. The van der Waals surface area contributed by atoms with Gasteiger partial charge in [-0.05, 0) is 35.9 Å². The molecule has 0 bridgehead atoms. The van der Waals surface area contributed by atoms with Gasteiger partial charge in [0.15, 0.2) is 0 Å². The number of anilines is 1. The number of nitro benzene ring substituents is 1. The van der Waals surface area contributed by atoms with E-state index < -0.39 is 39.6 Å². The number of benzene rings is 2. The van der Waals surface area contributed by atoms with Gasteiger partial charge in [-0.15, -0.1) is 0 Å². The first-order chi connectivity index (χ1) is 19.3. The van der Waals surface area contributed by atoms with Crippen LogP contribution in [0.25, 0.3) is 5.52 Å². The lowest BCUT2D eigenvalue weighted by Gasteiger charge is -2.36. The monoisotopic (exact) mass is 611 g/mol. The van der Waals surface area contributed by atoms with Crippen LogP contribution < -0.4 is 10.5 Å². The van der Waals surface area contributed by atoms with E-state index in [0.29, 0.717) is 17.3 Å². The van der Waals surface area contributed by atoms with E-state index in [0.717, 1.165) is 18.2 Å². The second kappa shape index (κ2) is 10.7. The highest BCUT2D eigenvalue weighted by Crippen LogP contribution is 2.37. The molecule has 1 amide bonds. The van der Waals surface area contributed by atoms with Crippen molar-refractivity contribution in [3.63, 3.8) is 0 Å². The van der Waals surface area contributed by atoms with Crippen LogP contribution in [0.3, 0.4) is 0 Å². The Balaban J connectivity index is 1.34. The molecular weight excluding hydrogens is 593 g/mol. The van der Waals surface area contributed by atoms with Crippen molar-refractivity contribution < 1.29 is 27.3 Å². The fraction of sp³-hybridized carbons (Fsp3) is 0.231. The molecule has 0 spiro atoms. The number of amides is 1. The molecule has 4 aromatic rings. The molecule has 5 rings (SSSR count). The third-order valence-corrected chi connectivity index (χ3v) is 7.60. The highest BCUT2D eigenvalue weighted by Gasteiger charge is 2.34. The Morgan fingerprint density at radius 2 is 1.76 bits per heavy atom. The molecule has 2 aromatic heterocycles. The van der Waals surface area contributed by atoms with Gasteiger partial charge in [0.1, 0.15) is 22.2 Å². The standard InChI is InChI=1S/C26H19Cl2F4N5O4/c27-18-12-22-24(38)33-13-16(36(22)23(18)28)9-14-1-3-19(29)17(10-14)25(39)35-7-5-34(6-8-35)20-4-2-15(26(30,31)32)11-21(20)37(40)41/h1-4,10-13H,5-9H2,(H,33,38). The first-order valence-corrected chi connectivity index (χ1v) is 12.9. The molecule has 15 heteroatoms. The van der Waals surface area contributed by atoms with Crippen molar-refractivity contribution in [2.45, 2.75) is 12.6 Å². The number of alkyl halides is 3. The maximum Gasteiger partial charge on any atom is 0.416 e. The smallest absolute Gasteiger partial charge is 0.362 e. The van der Waals surface area contributed by atoms with Crippen LogP contribution in [-0.2, 0) is 12.6 Å². The number of carbonyl (C=O) groups excluding carboxylic acids is 1. The quantitative estimate of drug-likeness (QED) is 0.181. The Labute approximate surface area is 238 Å². The lowest BCUT2D eigenvalue weighted by Crippen LogP contribution is -2.49. The van der Waals surface area contributed by atoms with Gasteiger partial charge < -0.3 is 14.8 Å². The van der Waals surface area contributed by atoms with Gasteiger partial charge >= 0.3 is 6.18 Å². The maximum absolute atomic E-state index is 14.8. The summed E-state index contributed by atoms with van der Waals surface area (Å²) in [6.07, 6.45) is -3.12. The largest absolute Gasteiger partial charge is 0.416 e.